The summed E-state index contributed by atoms with van der Waals surface area (Å²) in [7, 11) is -0.559. The van der Waals surface area contributed by atoms with Crippen molar-refractivity contribution in [2.24, 2.45) is 5.92 Å². The molecule has 1 N–H and O–H groups in total. The first-order valence-electron chi connectivity index (χ1n) is 11.2. The molecule has 0 bridgehead atoms. The highest BCUT2D eigenvalue weighted by atomic mass is 32.2. The molecule has 3 aromatic rings. The van der Waals surface area contributed by atoms with Crippen LogP contribution in [0.3, 0.4) is 0 Å². The average Bonchev–Trinajstić information content (AvgIpc) is 3.15. The van der Waals surface area contributed by atoms with Crippen molar-refractivity contribution in [1.29, 1.82) is 0 Å². The lowest BCUT2D eigenvalue weighted by atomic mass is 10.1. The van der Waals surface area contributed by atoms with Gasteiger partial charge in [0.25, 0.3) is 0 Å². The highest BCUT2D eigenvalue weighted by molar-refractivity contribution is 7.89. The fraction of sp³-hybridized carbons (Fsp3) is 0.458. The molecule has 1 aromatic heterocycles. The minimum absolute atomic E-state index is 0.0819. The first-order valence-corrected chi connectivity index (χ1v) is 12.7. The van der Waals surface area contributed by atoms with Crippen molar-refractivity contribution in [3.8, 4) is 0 Å². The van der Waals surface area contributed by atoms with Crippen molar-refractivity contribution in [3.05, 3.63) is 36.4 Å². The Labute approximate surface area is 194 Å². The summed E-state index contributed by atoms with van der Waals surface area (Å²) in [6.45, 7) is 7.77. The van der Waals surface area contributed by atoms with E-state index in [0.29, 0.717) is 12.0 Å². The summed E-state index contributed by atoms with van der Waals surface area (Å²) in [5, 5.41) is 1.57. The minimum Gasteiger partial charge on any atom is -0.468 e. The SMILES string of the molecule is COC(=O)[C@H](CC(C)C)NS(=O)(=O)c1ccc2oc3cc(N4CCN(C)CC4)ccc3c2c1. The Kier molecular flexibility index (Phi) is 6.65. The van der Waals surface area contributed by atoms with Crippen molar-refractivity contribution in [1.82, 2.24) is 9.62 Å². The van der Waals surface area contributed by atoms with Gasteiger partial charge in [-0.2, -0.15) is 4.72 Å². The Balaban J connectivity index is 1.65. The number of nitrogens with one attached hydrogen (secondary N) is 1. The van der Waals surface area contributed by atoms with Crippen LogP contribution in [0.1, 0.15) is 20.3 Å². The van der Waals surface area contributed by atoms with E-state index in [9.17, 15) is 13.2 Å². The smallest absolute Gasteiger partial charge is 0.323 e. The third-order valence-corrected chi connectivity index (χ3v) is 7.56. The van der Waals surface area contributed by atoms with E-state index < -0.39 is 22.0 Å². The van der Waals surface area contributed by atoms with Crippen molar-refractivity contribution in [2.45, 2.75) is 31.2 Å². The maximum absolute atomic E-state index is 13.1. The van der Waals surface area contributed by atoms with Crippen molar-refractivity contribution >= 4 is 43.6 Å². The molecule has 0 spiro atoms. The predicted octanol–water partition coefficient (Wildman–Crippen LogP) is 3.20. The molecule has 178 valence electrons. The minimum atomic E-state index is -3.93. The second-order valence-electron chi connectivity index (χ2n) is 9.06. The number of hydrogen-bond donors (Lipinski definition) is 1. The van der Waals surface area contributed by atoms with Crippen molar-refractivity contribution in [3.63, 3.8) is 0 Å². The molecule has 8 nitrogen and oxygen atoms in total. The summed E-state index contributed by atoms with van der Waals surface area (Å²) in [5.41, 5.74) is 2.43. The fourth-order valence-electron chi connectivity index (χ4n) is 4.23. The van der Waals surface area contributed by atoms with Gasteiger partial charge in [-0.3, -0.25) is 4.79 Å². The molecular formula is C24H31N3O5S. The lowest BCUT2D eigenvalue weighted by molar-refractivity contribution is -0.143. The number of methoxy groups -OCH3 is 1. The second-order valence-corrected chi connectivity index (χ2v) is 10.8. The van der Waals surface area contributed by atoms with Crippen LogP contribution in [0.15, 0.2) is 45.7 Å². The molecule has 0 saturated carbocycles. The molecule has 1 saturated heterocycles. The molecule has 0 radical (unpaired) electrons. The van der Waals surface area contributed by atoms with Gasteiger partial charge in [-0.1, -0.05) is 13.8 Å². The Morgan fingerprint density at radius 2 is 1.79 bits per heavy atom. The number of benzene rings is 2. The summed E-state index contributed by atoms with van der Waals surface area (Å²) >= 11 is 0. The number of rotatable bonds is 7. The number of nitrogens with zero attached hydrogens (tertiary/aromatic N) is 2. The van der Waals surface area contributed by atoms with E-state index in [1.165, 1.54) is 13.2 Å². The zero-order chi connectivity index (χ0) is 23.8. The monoisotopic (exact) mass is 473 g/mol. The molecule has 4 rings (SSSR count). The van der Waals surface area contributed by atoms with Gasteiger partial charge in [0.15, 0.2) is 0 Å². The number of carbonyl (C=O) groups is 1. The van der Waals surface area contributed by atoms with E-state index in [1.54, 1.807) is 12.1 Å². The molecule has 9 heteroatoms. The average molecular weight is 474 g/mol. The van der Waals surface area contributed by atoms with Crippen LogP contribution in [-0.4, -0.2) is 65.7 Å². The number of furan rings is 1. The summed E-state index contributed by atoms with van der Waals surface area (Å²) < 4.78 is 39.5. The van der Waals surface area contributed by atoms with Gasteiger partial charge in [-0.15, -0.1) is 0 Å². The maximum Gasteiger partial charge on any atom is 0.323 e. The first kappa shape index (κ1) is 23.5. The number of hydrogen-bond acceptors (Lipinski definition) is 7. The summed E-state index contributed by atoms with van der Waals surface area (Å²) in [6.07, 6.45) is 0.345. The molecule has 33 heavy (non-hydrogen) atoms. The number of esters is 1. The van der Waals surface area contributed by atoms with E-state index in [-0.39, 0.29) is 10.8 Å². The number of carbonyl (C=O) groups excluding carboxylic acids is 1. The number of sulfonamides is 1. The molecule has 0 aliphatic carbocycles. The molecule has 0 amide bonds. The molecule has 1 aliphatic heterocycles. The van der Waals surface area contributed by atoms with E-state index in [0.717, 1.165) is 48.2 Å². The molecule has 2 heterocycles. The molecule has 1 fully saturated rings. The second kappa shape index (κ2) is 9.32. The van der Waals surface area contributed by atoms with E-state index in [1.807, 2.05) is 26.0 Å². The van der Waals surface area contributed by atoms with E-state index in [4.69, 9.17) is 9.15 Å². The highest BCUT2D eigenvalue weighted by Crippen LogP contribution is 2.33. The Bertz CT molecular complexity index is 1260. The zero-order valence-corrected chi connectivity index (χ0v) is 20.3. The van der Waals surface area contributed by atoms with Gasteiger partial charge in [0.2, 0.25) is 10.0 Å². The van der Waals surface area contributed by atoms with Gasteiger partial charge in [0.1, 0.15) is 17.2 Å². The van der Waals surface area contributed by atoms with Gasteiger partial charge >= 0.3 is 5.97 Å². The van der Waals surface area contributed by atoms with Crippen LogP contribution < -0.4 is 9.62 Å². The van der Waals surface area contributed by atoms with Gasteiger partial charge in [0.05, 0.1) is 12.0 Å². The number of likely N-dealkylation sites (N-methyl/N-ethyl adjacent to an activating group) is 1. The third-order valence-electron chi connectivity index (χ3n) is 6.10. The topological polar surface area (TPSA) is 92.1 Å². The number of fused-ring (bicyclic) bond motifs is 3. The van der Waals surface area contributed by atoms with Crippen molar-refractivity contribution < 1.29 is 22.4 Å². The van der Waals surface area contributed by atoms with Crippen LogP contribution in [0.5, 0.6) is 0 Å². The maximum atomic E-state index is 13.1. The van der Waals surface area contributed by atoms with Gasteiger partial charge in [-0.05, 0) is 49.7 Å². The van der Waals surface area contributed by atoms with E-state index >= 15 is 0 Å². The van der Waals surface area contributed by atoms with Crippen LogP contribution in [0, 0.1) is 5.92 Å². The first-order chi connectivity index (χ1) is 15.7. The zero-order valence-electron chi connectivity index (χ0n) is 19.5. The Hall–Kier alpha value is -2.62. The molecule has 1 atom stereocenters. The third kappa shape index (κ3) is 5.00. The normalized spacial score (nSPS) is 16.6. The predicted molar refractivity (Wildman–Crippen MR) is 129 cm³/mol. The number of piperazine rings is 1. The van der Waals surface area contributed by atoms with Crippen LogP contribution in [0.25, 0.3) is 21.9 Å². The standard InChI is InChI=1S/C24H31N3O5S/c1-16(2)13-21(24(28)31-4)25-33(29,30)18-6-8-22-20(15-18)19-7-5-17(14-23(19)32-22)27-11-9-26(3)10-12-27/h5-8,14-16,21,25H,9-13H2,1-4H3/t21-/m0/s1. The molecular weight excluding hydrogens is 442 g/mol. The lowest BCUT2D eigenvalue weighted by Crippen LogP contribution is -2.44. The largest absolute Gasteiger partial charge is 0.468 e. The van der Waals surface area contributed by atoms with Crippen LogP contribution in [-0.2, 0) is 19.6 Å². The summed E-state index contributed by atoms with van der Waals surface area (Å²) in [4.78, 5) is 16.8. The van der Waals surface area contributed by atoms with Gasteiger partial charge < -0.3 is 19.0 Å². The highest BCUT2D eigenvalue weighted by Gasteiger charge is 2.28. The van der Waals surface area contributed by atoms with Crippen LogP contribution in [0.2, 0.25) is 0 Å². The quantitative estimate of drug-likeness (QED) is 0.527. The van der Waals surface area contributed by atoms with Crippen molar-refractivity contribution in [2.75, 3.05) is 45.2 Å². The van der Waals surface area contributed by atoms with Crippen LogP contribution >= 0.6 is 0 Å². The van der Waals surface area contributed by atoms with Gasteiger partial charge in [-0.25, -0.2) is 8.42 Å². The lowest BCUT2D eigenvalue weighted by Gasteiger charge is -2.34. The number of anilines is 1. The van der Waals surface area contributed by atoms with Crippen LogP contribution in [0.4, 0.5) is 5.69 Å². The number of ether oxygens (including phenoxy) is 1. The summed E-state index contributed by atoms with van der Waals surface area (Å²) in [5.74, 6) is -0.481. The summed E-state index contributed by atoms with van der Waals surface area (Å²) in [6, 6.07) is 9.87. The molecule has 2 aromatic carbocycles. The van der Waals surface area contributed by atoms with E-state index in [2.05, 4.69) is 27.6 Å². The Morgan fingerprint density at radius 3 is 2.45 bits per heavy atom. The molecule has 1 aliphatic rings. The Morgan fingerprint density at radius 1 is 1.06 bits per heavy atom. The van der Waals surface area contributed by atoms with Gasteiger partial charge in [0, 0.05) is 48.7 Å². The molecule has 0 unspecified atom stereocenters. The fourth-order valence-corrected chi connectivity index (χ4v) is 5.46.